The number of thioether (sulfide) groups is 1. The Morgan fingerprint density at radius 2 is 2.10 bits per heavy atom. The van der Waals surface area contributed by atoms with E-state index in [1.807, 2.05) is 24.8 Å². The summed E-state index contributed by atoms with van der Waals surface area (Å²) in [5.74, 6) is 0.733. The number of rotatable bonds is 8. The topological polar surface area (TPSA) is 55.1 Å². The molecule has 1 aliphatic rings. The van der Waals surface area contributed by atoms with Gasteiger partial charge in [0, 0.05) is 17.0 Å². The lowest BCUT2D eigenvalue weighted by Gasteiger charge is -2.30. The van der Waals surface area contributed by atoms with Crippen LogP contribution >= 0.6 is 11.8 Å². The third-order valence-electron chi connectivity index (χ3n) is 3.72. The molecule has 1 amide bonds. The van der Waals surface area contributed by atoms with Crippen molar-refractivity contribution in [2.45, 2.75) is 55.7 Å². The Kier molecular flexibility index (Phi) is 5.11. The third kappa shape index (κ3) is 4.53. The molecular formula is C16H24N2OS. The van der Waals surface area contributed by atoms with E-state index in [1.165, 1.54) is 5.56 Å². The van der Waals surface area contributed by atoms with Gasteiger partial charge < -0.3 is 11.1 Å². The van der Waals surface area contributed by atoms with Gasteiger partial charge in [-0.2, -0.15) is 11.8 Å². The van der Waals surface area contributed by atoms with Crippen LogP contribution in [0.5, 0.6) is 0 Å². The Bertz CT molecular complexity index is 447. The molecule has 2 unspecified atom stereocenters. The monoisotopic (exact) mass is 292 g/mol. The second-order valence-corrected chi connectivity index (χ2v) is 7.35. The highest BCUT2D eigenvalue weighted by molar-refractivity contribution is 7.99. The Hall–Kier alpha value is -1.00. The molecule has 0 saturated heterocycles. The van der Waals surface area contributed by atoms with Crippen LogP contribution in [0.15, 0.2) is 30.3 Å². The molecule has 1 fully saturated rings. The molecule has 0 heterocycles. The molecule has 20 heavy (non-hydrogen) atoms. The first kappa shape index (κ1) is 15.4. The quantitative estimate of drug-likeness (QED) is 0.774. The van der Waals surface area contributed by atoms with Gasteiger partial charge in [-0.3, -0.25) is 4.79 Å². The van der Waals surface area contributed by atoms with Crippen molar-refractivity contribution in [3.05, 3.63) is 35.9 Å². The fourth-order valence-electron chi connectivity index (χ4n) is 2.36. The Morgan fingerprint density at radius 3 is 2.65 bits per heavy atom. The highest BCUT2D eigenvalue weighted by atomic mass is 32.2. The molecule has 1 aromatic rings. The summed E-state index contributed by atoms with van der Waals surface area (Å²) in [4.78, 5) is 11.7. The first-order chi connectivity index (χ1) is 9.49. The fourth-order valence-corrected chi connectivity index (χ4v) is 3.48. The van der Waals surface area contributed by atoms with Crippen LogP contribution in [0, 0.1) is 0 Å². The lowest BCUT2D eigenvalue weighted by molar-refractivity contribution is -0.124. The van der Waals surface area contributed by atoms with Crippen LogP contribution in [-0.2, 0) is 10.5 Å². The van der Waals surface area contributed by atoms with Gasteiger partial charge in [-0.05, 0) is 31.7 Å². The maximum absolute atomic E-state index is 11.7. The van der Waals surface area contributed by atoms with E-state index in [1.54, 1.807) is 0 Å². The van der Waals surface area contributed by atoms with Gasteiger partial charge in [0.2, 0.25) is 5.91 Å². The van der Waals surface area contributed by atoms with Gasteiger partial charge in [0.15, 0.2) is 0 Å². The molecule has 2 rings (SSSR count). The first-order valence-corrected chi connectivity index (χ1v) is 8.27. The van der Waals surface area contributed by atoms with Gasteiger partial charge in [0.25, 0.3) is 0 Å². The lowest BCUT2D eigenvalue weighted by Crippen LogP contribution is -2.55. The minimum atomic E-state index is -0.579. The van der Waals surface area contributed by atoms with Gasteiger partial charge >= 0.3 is 0 Å². The smallest absolute Gasteiger partial charge is 0.237 e. The van der Waals surface area contributed by atoms with Crippen molar-refractivity contribution in [2.24, 2.45) is 5.73 Å². The second-order valence-electron chi connectivity index (χ2n) is 5.93. The van der Waals surface area contributed by atoms with E-state index in [2.05, 4.69) is 36.5 Å². The zero-order valence-corrected chi connectivity index (χ0v) is 13.1. The average Bonchev–Trinajstić information content (AvgIpc) is 3.21. The van der Waals surface area contributed by atoms with Gasteiger partial charge in [-0.25, -0.2) is 0 Å². The van der Waals surface area contributed by atoms with Crippen LogP contribution in [0.3, 0.4) is 0 Å². The number of amides is 1. The van der Waals surface area contributed by atoms with E-state index in [0.717, 1.165) is 25.0 Å². The van der Waals surface area contributed by atoms with Crippen molar-refractivity contribution >= 4 is 17.7 Å². The van der Waals surface area contributed by atoms with E-state index in [0.29, 0.717) is 11.3 Å². The molecule has 0 aliphatic heterocycles. The van der Waals surface area contributed by atoms with Gasteiger partial charge in [-0.15, -0.1) is 0 Å². The predicted molar refractivity (Wildman–Crippen MR) is 85.6 cm³/mol. The summed E-state index contributed by atoms with van der Waals surface area (Å²) in [6.07, 6.45) is 3.10. The summed E-state index contributed by atoms with van der Waals surface area (Å²) < 4.78 is 0. The van der Waals surface area contributed by atoms with Gasteiger partial charge in [0.1, 0.15) is 0 Å². The van der Waals surface area contributed by atoms with Crippen LogP contribution in [-0.4, -0.2) is 22.7 Å². The number of carbonyl (C=O) groups is 1. The Balaban J connectivity index is 1.84. The molecule has 2 atom stereocenters. The number of benzene rings is 1. The Morgan fingerprint density at radius 1 is 1.45 bits per heavy atom. The highest BCUT2D eigenvalue weighted by Crippen LogP contribution is 2.29. The SMILES string of the molecule is CC(CC(C)(NC1CC1)C(N)=O)SCc1ccccc1. The molecule has 1 aromatic carbocycles. The zero-order chi connectivity index (χ0) is 14.6. The van der Waals surface area contributed by atoms with Crippen molar-refractivity contribution in [1.82, 2.24) is 5.32 Å². The maximum Gasteiger partial charge on any atom is 0.237 e. The summed E-state index contributed by atoms with van der Waals surface area (Å²) in [6.45, 7) is 4.11. The van der Waals surface area contributed by atoms with Crippen molar-refractivity contribution in [2.75, 3.05) is 0 Å². The molecule has 110 valence electrons. The molecule has 0 bridgehead atoms. The average molecular weight is 292 g/mol. The van der Waals surface area contributed by atoms with E-state index in [9.17, 15) is 4.79 Å². The van der Waals surface area contributed by atoms with Crippen LogP contribution < -0.4 is 11.1 Å². The van der Waals surface area contributed by atoms with Crippen molar-refractivity contribution in [3.63, 3.8) is 0 Å². The van der Waals surface area contributed by atoms with E-state index >= 15 is 0 Å². The molecule has 0 radical (unpaired) electrons. The Labute approximate surface area is 125 Å². The number of nitrogens with one attached hydrogen (secondary N) is 1. The van der Waals surface area contributed by atoms with Crippen LogP contribution in [0.4, 0.5) is 0 Å². The predicted octanol–water partition coefficient (Wildman–Crippen LogP) is 2.69. The highest BCUT2D eigenvalue weighted by Gasteiger charge is 2.37. The first-order valence-electron chi connectivity index (χ1n) is 7.23. The summed E-state index contributed by atoms with van der Waals surface area (Å²) in [5, 5.41) is 3.80. The van der Waals surface area contributed by atoms with Crippen molar-refractivity contribution in [3.8, 4) is 0 Å². The van der Waals surface area contributed by atoms with E-state index < -0.39 is 5.54 Å². The number of nitrogens with two attached hydrogens (primary N) is 1. The molecule has 1 saturated carbocycles. The van der Waals surface area contributed by atoms with E-state index in [4.69, 9.17) is 5.73 Å². The van der Waals surface area contributed by atoms with Crippen LogP contribution in [0.2, 0.25) is 0 Å². The molecule has 4 heteroatoms. The molecule has 0 aromatic heterocycles. The summed E-state index contributed by atoms with van der Waals surface area (Å²) in [6, 6.07) is 10.9. The lowest BCUT2D eigenvalue weighted by atomic mass is 9.95. The normalized spacial score (nSPS) is 19.3. The minimum Gasteiger partial charge on any atom is -0.368 e. The molecule has 3 N–H and O–H groups in total. The van der Waals surface area contributed by atoms with Gasteiger partial charge in [-0.1, -0.05) is 37.3 Å². The van der Waals surface area contributed by atoms with Gasteiger partial charge in [0.05, 0.1) is 5.54 Å². The minimum absolute atomic E-state index is 0.239. The van der Waals surface area contributed by atoms with Crippen LogP contribution in [0.1, 0.15) is 38.7 Å². The number of hydrogen-bond acceptors (Lipinski definition) is 3. The second kappa shape index (κ2) is 6.64. The van der Waals surface area contributed by atoms with Crippen molar-refractivity contribution < 1.29 is 4.79 Å². The van der Waals surface area contributed by atoms with Crippen LogP contribution in [0.25, 0.3) is 0 Å². The molecule has 3 nitrogen and oxygen atoms in total. The largest absolute Gasteiger partial charge is 0.368 e. The summed E-state index contributed by atoms with van der Waals surface area (Å²) in [5.41, 5.74) is 6.33. The molecule has 0 spiro atoms. The molecular weight excluding hydrogens is 268 g/mol. The summed E-state index contributed by atoms with van der Waals surface area (Å²) >= 11 is 1.87. The number of carbonyl (C=O) groups excluding carboxylic acids is 1. The number of primary amides is 1. The maximum atomic E-state index is 11.7. The number of hydrogen-bond donors (Lipinski definition) is 2. The zero-order valence-electron chi connectivity index (χ0n) is 12.3. The van der Waals surface area contributed by atoms with Crippen molar-refractivity contribution in [1.29, 1.82) is 0 Å². The van der Waals surface area contributed by atoms with E-state index in [-0.39, 0.29) is 5.91 Å². The standard InChI is InChI=1S/C16H24N2OS/c1-12(20-11-13-6-4-3-5-7-13)10-16(2,15(17)19)18-14-8-9-14/h3-7,12,14,18H,8-11H2,1-2H3,(H2,17,19). The third-order valence-corrected chi connectivity index (χ3v) is 4.95. The molecule has 1 aliphatic carbocycles. The fraction of sp³-hybridized carbons (Fsp3) is 0.562. The summed E-state index contributed by atoms with van der Waals surface area (Å²) in [7, 11) is 0.